The molecule has 2 heteroatoms. The summed E-state index contributed by atoms with van der Waals surface area (Å²) in [5.74, 6) is 0. The van der Waals surface area contributed by atoms with Crippen molar-refractivity contribution in [2.45, 2.75) is 96.5 Å². The number of rotatable bonds is 16. The first kappa shape index (κ1) is 23.5. The topological polar surface area (TPSA) is 32.3 Å². The second-order valence-electron chi connectivity index (χ2n) is 8.46. The number of aryl methyl sites for hydroxylation is 1. The van der Waals surface area contributed by atoms with Crippen LogP contribution >= 0.6 is 0 Å². The molecule has 0 spiro atoms. The van der Waals surface area contributed by atoms with Crippen molar-refractivity contribution in [1.82, 2.24) is 0 Å². The maximum atomic E-state index is 9.24. The lowest BCUT2D eigenvalue weighted by Crippen LogP contribution is -1.98. The highest BCUT2D eigenvalue weighted by Gasteiger charge is 1.98. The van der Waals surface area contributed by atoms with Crippen molar-refractivity contribution in [3.8, 4) is 0 Å². The first-order valence-electron chi connectivity index (χ1n) is 11.8. The number of aliphatic hydroxyl groups is 1. The third-order valence-electron chi connectivity index (χ3n) is 5.60. The summed E-state index contributed by atoms with van der Waals surface area (Å²) in [7, 11) is 0. The van der Waals surface area contributed by atoms with Gasteiger partial charge in [0.25, 0.3) is 0 Å². The number of hydrogen-bond donors (Lipinski definition) is 2. The molecule has 1 unspecified atom stereocenters. The Labute approximate surface area is 178 Å². The molecule has 2 N–H and O–H groups in total. The second-order valence-corrected chi connectivity index (χ2v) is 8.46. The predicted molar refractivity (Wildman–Crippen MR) is 127 cm³/mol. The fourth-order valence-electron chi connectivity index (χ4n) is 3.80. The van der Waals surface area contributed by atoms with Crippen LogP contribution in [0.4, 0.5) is 11.4 Å². The van der Waals surface area contributed by atoms with Gasteiger partial charge < -0.3 is 10.4 Å². The molecule has 0 radical (unpaired) electrons. The Hall–Kier alpha value is -1.80. The maximum absolute atomic E-state index is 9.24. The molecule has 2 aromatic carbocycles. The van der Waals surface area contributed by atoms with Gasteiger partial charge in [0.1, 0.15) is 0 Å². The molecule has 2 rings (SSSR count). The van der Waals surface area contributed by atoms with Gasteiger partial charge in [-0.05, 0) is 56.0 Å². The summed E-state index contributed by atoms with van der Waals surface area (Å²) in [6, 6.07) is 19.2. The SMILES string of the molecule is CC(O)CCCCCCCCCCCCCc1ccc(Nc2ccccc2)cc1. The van der Waals surface area contributed by atoms with E-state index in [4.69, 9.17) is 0 Å². The summed E-state index contributed by atoms with van der Waals surface area (Å²) in [6.07, 6.45) is 16.8. The standard InChI is InChI=1S/C27H41NO/c1-24(29)16-12-9-7-5-3-2-4-6-8-10-13-17-25-20-22-27(23-21-25)28-26-18-14-11-15-19-26/h11,14-15,18-24,28-29H,2-10,12-13,16-17H2,1H3. The van der Waals surface area contributed by atoms with Gasteiger partial charge in [0.05, 0.1) is 6.10 Å². The summed E-state index contributed by atoms with van der Waals surface area (Å²) < 4.78 is 0. The van der Waals surface area contributed by atoms with Crippen LogP contribution in [0.15, 0.2) is 54.6 Å². The van der Waals surface area contributed by atoms with Crippen molar-refractivity contribution in [1.29, 1.82) is 0 Å². The van der Waals surface area contributed by atoms with E-state index in [1.165, 1.54) is 82.6 Å². The van der Waals surface area contributed by atoms with Gasteiger partial charge in [0, 0.05) is 11.4 Å². The minimum atomic E-state index is -0.119. The third-order valence-corrected chi connectivity index (χ3v) is 5.60. The number of aliphatic hydroxyl groups excluding tert-OH is 1. The number of hydrogen-bond acceptors (Lipinski definition) is 2. The average molecular weight is 396 g/mol. The molecule has 0 saturated carbocycles. The number of para-hydroxylation sites is 1. The lowest BCUT2D eigenvalue weighted by molar-refractivity contribution is 0.180. The largest absolute Gasteiger partial charge is 0.393 e. The van der Waals surface area contributed by atoms with Crippen LogP contribution in [0, 0.1) is 0 Å². The van der Waals surface area contributed by atoms with E-state index in [1.54, 1.807) is 0 Å². The fourth-order valence-corrected chi connectivity index (χ4v) is 3.80. The van der Waals surface area contributed by atoms with Gasteiger partial charge in [-0.15, -0.1) is 0 Å². The number of anilines is 2. The summed E-state index contributed by atoms with van der Waals surface area (Å²) in [4.78, 5) is 0. The van der Waals surface area contributed by atoms with E-state index in [0.717, 1.165) is 17.8 Å². The molecule has 0 aromatic heterocycles. The van der Waals surface area contributed by atoms with Gasteiger partial charge in [-0.25, -0.2) is 0 Å². The van der Waals surface area contributed by atoms with Crippen molar-refractivity contribution in [3.63, 3.8) is 0 Å². The smallest absolute Gasteiger partial charge is 0.0512 e. The highest BCUT2D eigenvalue weighted by Crippen LogP contribution is 2.18. The summed E-state index contributed by atoms with van der Waals surface area (Å²) >= 11 is 0. The van der Waals surface area contributed by atoms with Crippen LogP contribution in [0.25, 0.3) is 0 Å². The summed E-state index contributed by atoms with van der Waals surface area (Å²) in [5, 5.41) is 12.7. The van der Waals surface area contributed by atoms with Gasteiger partial charge in [-0.2, -0.15) is 0 Å². The fraction of sp³-hybridized carbons (Fsp3) is 0.556. The molecular weight excluding hydrogens is 354 g/mol. The van der Waals surface area contributed by atoms with E-state index in [0.29, 0.717) is 0 Å². The Morgan fingerprint density at radius 3 is 1.66 bits per heavy atom. The number of unbranched alkanes of at least 4 members (excludes halogenated alkanes) is 10. The molecule has 2 nitrogen and oxygen atoms in total. The molecule has 0 aliphatic carbocycles. The van der Waals surface area contributed by atoms with Crippen LogP contribution in [-0.2, 0) is 6.42 Å². The lowest BCUT2D eigenvalue weighted by Gasteiger charge is -2.08. The number of benzene rings is 2. The molecule has 29 heavy (non-hydrogen) atoms. The molecule has 0 aliphatic heterocycles. The third kappa shape index (κ3) is 11.7. The maximum Gasteiger partial charge on any atom is 0.0512 e. The first-order valence-corrected chi connectivity index (χ1v) is 11.8. The minimum Gasteiger partial charge on any atom is -0.393 e. The van der Waals surface area contributed by atoms with E-state index in [9.17, 15) is 5.11 Å². The Morgan fingerprint density at radius 2 is 1.10 bits per heavy atom. The van der Waals surface area contributed by atoms with Crippen molar-refractivity contribution in [2.75, 3.05) is 5.32 Å². The molecule has 0 aliphatic rings. The second kappa shape index (κ2) is 15.1. The molecular formula is C27H41NO. The lowest BCUT2D eigenvalue weighted by atomic mass is 10.0. The Bertz CT molecular complexity index is 621. The minimum absolute atomic E-state index is 0.119. The molecule has 0 fully saturated rings. The van der Waals surface area contributed by atoms with Crippen molar-refractivity contribution in [3.05, 3.63) is 60.2 Å². The number of nitrogens with one attached hydrogen (secondary N) is 1. The van der Waals surface area contributed by atoms with Crippen LogP contribution in [0.2, 0.25) is 0 Å². The van der Waals surface area contributed by atoms with Crippen LogP contribution < -0.4 is 5.32 Å². The quantitative estimate of drug-likeness (QED) is 0.282. The van der Waals surface area contributed by atoms with E-state index < -0.39 is 0 Å². The zero-order valence-corrected chi connectivity index (χ0v) is 18.4. The molecule has 0 heterocycles. The van der Waals surface area contributed by atoms with E-state index in [2.05, 4.69) is 53.8 Å². The van der Waals surface area contributed by atoms with E-state index in [-0.39, 0.29) is 6.10 Å². The monoisotopic (exact) mass is 395 g/mol. The van der Waals surface area contributed by atoms with Crippen LogP contribution in [-0.4, -0.2) is 11.2 Å². The highest BCUT2D eigenvalue weighted by molar-refractivity contribution is 5.59. The van der Waals surface area contributed by atoms with Crippen LogP contribution in [0.1, 0.15) is 89.5 Å². The molecule has 2 aromatic rings. The average Bonchev–Trinajstić information content (AvgIpc) is 2.73. The van der Waals surface area contributed by atoms with Crippen LogP contribution in [0.5, 0.6) is 0 Å². The van der Waals surface area contributed by atoms with E-state index in [1.807, 2.05) is 13.0 Å². The van der Waals surface area contributed by atoms with Gasteiger partial charge in [-0.3, -0.25) is 0 Å². The highest BCUT2D eigenvalue weighted by atomic mass is 16.3. The first-order chi connectivity index (χ1) is 14.2. The van der Waals surface area contributed by atoms with Gasteiger partial charge in [0.2, 0.25) is 0 Å². The van der Waals surface area contributed by atoms with Crippen molar-refractivity contribution < 1.29 is 5.11 Å². The zero-order valence-electron chi connectivity index (χ0n) is 18.4. The van der Waals surface area contributed by atoms with Crippen molar-refractivity contribution >= 4 is 11.4 Å². The van der Waals surface area contributed by atoms with Gasteiger partial charge in [-0.1, -0.05) is 94.5 Å². The normalized spacial score (nSPS) is 12.1. The Kier molecular flexibility index (Phi) is 12.2. The predicted octanol–water partition coefficient (Wildman–Crippen LogP) is 8.03. The Morgan fingerprint density at radius 1 is 0.621 bits per heavy atom. The van der Waals surface area contributed by atoms with Crippen molar-refractivity contribution in [2.24, 2.45) is 0 Å². The summed E-state index contributed by atoms with van der Waals surface area (Å²) in [5.41, 5.74) is 3.73. The van der Waals surface area contributed by atoms with Gasteiger partial charge >= 0.3 is 0 Å². The molecule has 160 valence electrons. The molecule has 0 amide bonds. The van der Waals surface area contributed by atoms with Gasteiger partial charge in [0.15, 0.2) is 0 Å². The Balaban J connectivity index is 1.42. The van der Waals surface area contributed by atoms with Crippen LogP contribution in [0.3, 0.4) is 0 Å². The van der Waals surface area contributed by atoms with E-state index >= 15 is 0 Å². The summed E-state index contributed by atoms with van der Waals surface area (Å²) in [6.45, 7) is 1.89. The zero-order chi connectivity index (χ0) is 20.6. The molecule has 0 bridgehead atoms. The molecule has 0 saturated heterocycles. The molecule has 1 atom stereocenters.